The lowest BCUT2D eigenvalue weighted by Crippen LogP contribution is -2.36. The number of nitrogen functional groups attached to an aromatic ring is 1. The van der Waals surface area contributed by atoms with Crippen LogP contribution in [0.1, 0.15) is 0 Å². The highest BCUT2D eigenvalue weighted by Crippen LogP contribution is 2.19. The second-order valence-corrected chi connectivity index (χ2v) is 3.65. The molecule has 0 aromatic heterocycles. The Morgan fingerprint density at radius 1 is 1.33 bits per heavy atom. The minimum absolute atomic E-state index is 0.108. The lowest BCUT2D eigenvalue weighted by Gasteiger charge is -2.16. The Kier molecular flexibility index (Phi) is 4.98. The van der Waals surface area contributed by atoms with E-state index in [0.29, 0.717) is 11.4 Å². The van der Waals surface area contributed by atoms with Gasteiger partial charge in [0, 0.05) is 7.05 Å². The number of carbonyl (C=O) groups is 2. The number of nitrogens with two attached hydrogens (primary N) is 1. The number of methoxy groups -OCH3 is 1. The summed E-state index contributed by atoms with van der Waals surface area (Å²) in [5.41, 5.74) is 6.12. The van der Waals surface area contributed by atoms with Crippen LogP contribution in [-0.4, -0.2) is 44.1 Å². The maximum atomic E-state index is 11.6. The Balaban J connectivity index is 2.46. The fourth-order valence-corrected chi connectivity index (χ4v) is 1.21. The fraction of sp³-hybridized carbons (Fsp3) is 0.333. The zero-order valence-electron chi connectivity index (χ0n) is 10.4. The number of likely N-dealkylation sites (N-methyl/N-ethyl adjacent to an activating group) is 1. The van der Waals surface area contributed by atoms with Crippen molar-refractivity contribution < 1.29 is 19.1 Å². The number of nitrogens with zero attached hydrogens (tertiary/aromatic N) is 1. The first kappa shape index (κ1) is 13.8. The molecular formula is C12H16N2O4. The van der Waals surface area contributed by atoms with E-state index in [4.69, 9.17) is 10.5 Å². The van der Waals surface area contributed by atoms with Crippen LogP contribution in [0.25, 0.3) is 0 Å². The quantitative estimate of drug-likeness (QED) is 0.601. The molecule has 1 amide bonds. The van der Waals surface area contributed by atoms with Crippen LogP contribution in [0.5, 0.6) is 5.75 Å². The molecule has 0 unspecified atom stereocenters. The monoisotopic (exact) mass is 252 g/mol. The van der Waals surface area contributed by atoms with Gasteiger partial charge in [0.2, 0.25) is 0 Å². The van der Waals surface area contributed by atoms with Crippen molar-refractivity contribution in [2.75, 3.05) is 33.0 Å². The number of para-hydroxylation sites is 2. The summed E-state index contributed by atoms with van der Waals surface area (Å²) in [5.74, 6) is -0.369. The van der Waals surface area contributed by atoms with Crippen molar-refractivity contribution in [3.8, 4) is 5.75 Å². The number of ether oxygens (including phenoxy) is 2. The van der Waals surface area contributed by atoms with Gasteiger partial charge in [-0.25, -0.2) is 0 Å². The molecule has 1 aromatic carbocycles. The van der Waals surface area contributed by atoms with Crippen molar-refractivity contribution >= 4 is 17.6 Å². The molecule has 0 radical (unpaired) electrons. The van der Waals surface area contributed by atoms with Crippen molar-refractivity contribution in [1.82, 2.24) is 4.90 Å². The van der Waals surface area contributed by atoms with Crippen LogP contribution in [0.3, 0.4) is 0 Å². The van der Waals surface area contributed by atoms with Gasteiger partial charge in [0.05, 0.1) is 12.8 Å². The SMILES string of the molecule is COC(=O)CN(C)C(=O)COc1ccccc1N. The van der Waals surface area contributed by atoms with Gasteiger partial charge in [-0.3, -0.25) is 9.59 Å². The molecule has 0 fully saturated rings. The molecule has 1 rings (SSSR count). The molecule has 1 aromatic rings. The van der Waals surface area contributed by atoms with Crippen molar-refractivity contribution in [2.24, 2.45) is 0 Å². The Morgan fingerprint density at radius 3 is 2.61 bits per heavy atom. The number of rotatable bonds is 5. The van der Waals surface area contributed by atoms with Gasteiger partial charge in [0.15, 0.2) is 6.61 Å². The summed E-state index contributed by atoms with van der Waals surface area (Å²) < 4.78 is 9.73. The summed E-state index contributed by atoms with van der Waals surface area (Å²) in [4.78, 5) is 23.8. The van der Waals surface area contributed by atoms with E-state index in [-0.39, 0.29) is 19.1 Å². The number of benzene rings is 1. The number of hydrogen-bond donors (Lipinski definition) is 1. The lowest BCUT2D eigenvalue weighted by atomic mass is 10.3. The summed E-state index contributed by atoms with van der Waals surface area (Å²) in [5, 5.41) is 0. The standard InChI is InChI=1S/C12H16N2O4/c1-14(7-12(16)17-2)11(15)8-18-10-6-4-3-5-9(10)13/h3-6H,7-8,13H2,1-2H3. The highest BCUT2D eigenvalue weighted by molar-refractivity contribution is 5.82. The van der Waals surface area contributed by atoms with Crippen molar-refractivity contribution in [3.63, 3.8) is 0 Å². The Labute approximate surface area is 105 Å². The molecule has 6 heteroatoms. The molecule has 0 atom stereocenters. The van der Waals surface area contributed by atoms with Gasteiger partial charge in [0.1, 0.15) is 12.3 Å². The smallest absolute Gasteiger partial charge is 0.325 e. The average molecular weight is 252 g/mol. The molecule has 0 aliphatic rings. The average Bonchev–Trinajstić information content (AvgIpc) is 2.37. The molecule has 0 bridgehead atoms. The predicted octanol–water partition coefficient (Wildman–Crippen LogP) is 0.279. The van der Waals surface area contributed by atoms with Crippen LogP contribution >= 0.6 is 0 Å². The number of hydrogen-bond acceptors (Lipinski definition) is 5. The zero-order valence-corrected chi connectivity index (χ0v) is 10.4. The van der Waals surface area contributed by atoms with Gasteiger partial charge in [-0.15, -0.1) is 0 Å². The van der Waals surface area contributed by atoms with Crippen LogP contribution in [-0.2, 0) is 14.3 Å². The van der Waals surface area contributed by atoms with Crippen molar-refractivity contribution in [1.29, 1.82) is 0 Å². The minimum Gasteiger partial charge on any atom is -0.482 e. The van der Waals surface area contributed by atoms with Gasteiger partial charge in [-0.2, -0.15) is 0 Å². The second kappa shape index (κ2) is 6.48. The number of carbonyl (C=O) groups excluding carboxylic acids is 2. The number of anilines is 1. The molecule has 18 heavy (non-hydrogen) atoms. The van der Waals surface area contributed by atoms with E-state index in [2.05, 4.69) is 4.74 Å². The summed E-state index contributed by atoms with van der Waals surface area (Å²) in [6, 6.07) is 6.88. The highest BCUT2D eigenvalue weighted by atomic mass is 16.5. The van der Waals surface area contributed by atoms with Crippen molar-refractivity contribution in [2.45, 2.75) is 0 Å². The van der Waals surface area contributed by atoms with E-state index in [1.807, 2.05) is 0 Å². The topological polar surface area (TPSA) is 81.9 Å². The first-order chi connectivity index (χ1) is 8.54. The van der Waals surface area contributed by atoms with Gasteiger partial charge in [0.25, 0.3) is 5.91 Å². The molecule has 2 N–H and O–H groups in total. The minimum atomic E-state index is -0.481. The second-order valence-electron chi connectivity index (χ2n) is 3.65. The molecule has 0 saturated carbocycles. The van der Waals surface area contributed by atoms with E-state index < -0.39 is 5.97 Å². The third-order valence-corrected chi connectivity index (χ3v) is 2.29. The summed E-state index contributed by atoms with van der Waals surface area (Å²) in [6.45, 7) is -0.287. The maximum Gasteiger partial charge on any atom is 0.325 e. The van der Waals surface area contributed by atoms with E-state index in [0.717, 1.165) is 0 Å². The lowest BCUT2D eigenvalue weighted by molar-refractivity contribution is -0.146. The maximum absolute atomic E-state index is 11.6. The van der Waals surface area contributed by atoms with Gasteiger partial charge >= 0.3 is 5.97 Å². The third kappa shape index (κ3) is 3.97. The van der Waals surface area contributed by atoms with Gasteiger partial charge in [-0.1, -0.05) is 12.1 Å². The number of esters is 1. The normalized spacial score (nSPS) is 9.67. The first-order valence-electron chi connectivity index (χ1n) is 5.32. The highest BCUT2D eigenvalue weighted by Gasteiger charge is 2.14. The first-order valence-corrected chi connectivity index (χ1v) is 5.32. The molecule has 0 spiro atoms. The zero-order chi connectivity index (χ0) is 13.5. The Bertz CT molecular complexity index is 434. The molecule has 98 valence electrons. The Morgan fingerprint density at radius 2 is 2.00 bits per heavy atom. The summed E-state index contributed by atoms with van der Waals surface area (Å²) in [6.07, 6.45) is 0. The number of amides is 1. The molecular weight excluding hydrogens is 236 g/mol. The van der Waals surface area contributed by atoms with Crippen molar-refractivity contribution in [3.05, 3.63) is 24.3 Å². The fourth-order valence-electron chi connectivity index (χ4n) is 1.21. The van der Waals surface area contributed by atoms with E-state index in [1.165, 1.54) is 19.1 Å². The molecule has 0 saturated heterocycles. The summed E-state index contributed by atoms with van der Waals surface area (Å²) >= 11 is 0. The van der Waals surface area contributed by atoms with Crippen LogP contribution in [0, 0.1) is 0 Å². The van der Waals surface area contributed by atoms with Crippen LogP contribution in [0.4, 0.5) is 5.69 Å². The molecule has 0 aliphatic heterocycles. The van der Waals surface area contributed by atoms with E-state index in [1.54, 1.807) is 24.3 Å². The molecule has 0 aliphatic carbocycles. The van der Waals surface area contributed by atoms with Crippen LogP contribution in [0.15, 0.2) is 24.3 Å². The Hall–Kier alpha value is -2.24. The summed E-state index contributed by atoms with van der Waals surface area (Å²) in [7, 11) is 2.76. The molecule has 0 heterocycles. The van der Waals surface area contributed by atoms with Crippen LogP contribution < -0.4 is 10.5 Å². The van der Waals surface area contributed by atoms with E-state index in [9.17, 15) is 9.59 Å². The van der Waals surface area contributed by atoms with Crippen LogP contribution in [0.2, 0.25) is 0 Å². The largest absolute Gasteiger partial charge is 0.482 e. The van der Waals surface area contributed by atoms with E-state index >= 15 is 0 Å². The molecule has 6 nitrogen and oxygen atoms in total. The third-order valence-electron chi connectivity index (χ3n) is 2.29. The van der Waals surface area contributed by atoms with Gasteiger partial charge in [-0.05, 0) is 12.1 Å². The van der Waals surface area contributed by atoms with Gasteiger partial charge < -0.3 is 20.1 Å². The predicted molar refractivity (Wildman–Crippen MR) is 66.0 cm³/mol.